The van der Waals surface area contributed by atoms with E-state index in [0.717, 1.165) is 0 Å². The van der Waals surface area contributed by atoms with E-state index in [0.29, 0.717) is 0 Å². The average molecular weight is 314 g/mol. The molecule has 9 heteroatoms. The molecule has 1 saturated heterocycles. The zero-order valence-corrected chi connectivity index (χ0v) is 11.1. The Hall–Kier alpha value is -2.20. The van der Waals surface area contributed by atoms with Gasteiger partial charge in [-0.1, -0.05) is 12.1 Å². The maximum atomic E-state index is 11.1. The summed E-state index contributed by atoms with van der Waals surface area (Å²) in [5.74, 6) is -3.03. The maximum absolute atomic E-state index is 11.1. The molecular weight excluding hydrogens is 300 g/mol. The number of ether oxygens (including phenoxy) is 2. The number of aromatic carboxylic acids is 1. The van der Waals surface area contributed by atoms with Crippen molar-refractivity contribution in [1.82, 2.24) is 0 Å². The van der Waals surface area contributed by atoms with Gasteiger partial charge in [0.1, 0.15) is 29.6 Å². The number of aliphatic carboxylic acids is 1. The van der Waals surface area contributed by atoms with Gasteiger partial charge in [-0.3, -0.25) is 0 Å². The molecule has 1 fully saturated rings. The Morgan fingerprint density at radius 1 is 1.00 bits per heavy atom. The zero-order valence-electron chi connectivity index (χ0n) is 11.1. The number of hydrogen-bond acceptors (Lipinski definition) is 7. The quantitative estimate of drug-likeness (QED) is 0.454. The number of carboxylic acids is 2. The molecule has 120 valence electrons. The standard InChI is InChI=1S/C13H14O9/c14-7-8(15)10(12(19)20)22-13(9(7)16)21-6-4-2-1-3-5(6)11(17)18/h1-4,7-10,13-16H,(H,17,18)(H,19,20)/t7-,8-,9-,10-,13+/m0/s1. The molecule has 1 aromatic carbocycles. The lowest BCUT2D eigenvalue weighted by atomic mass is 9.99. The number of aliphatic hydroxyl groups excluding tert-OH is 3. The van der Waals surface area contributed by atoms with Gasteiger partial charge in [0.2, 0.25) is 6.29 Å². The van der Waals surface area contributed by atoms with E-state index >= 15 is 0 Å². The summed E-state index contributed by atoms with van der Waals surface area (Å²) in [6, 6.07) is 5.45. The van der Waals surface area contributed by atoms with Crippen LogP contribution in [0, 0.1) is 0 Å². The molecule has 1 aliphatic heterocycles. The minimum absolute atomic E-state index is 0.174. The summed E-state index contributed by atoms with van der Waals surface area (Å²) in [6.45, 7) is 0. The fourth-order valence-corrected chi connectivity index (χ4v) is 2.02. The predicted octanol–water partition coefficient (Wildman–Crippen LogP) is -1.34. The van der Waals surface area contributed by atoms with Crippen LogP contribution in [0.25, 0.3) is 0 Å². The van der Waals surface area contributed by atoms with Gasteiger partial charge in [0.05, 0.1) is 0 Å². The van der Waals surface area contributed by atoms with Crippen LogP contribution in [0.2, 0.25) is 0 Å². The number of para-hydroxylation sites is 1. The SMILES string of the molecule is O=C(O)c1ccccc1O[C@@H]1O[C@H](C(=O)O)[C@@H](O)[C@H](O)[C@@H]1O. The molecular formula is C13H14O9. The molecule has 5 atom stereocenters. The zero-order chi connectivity index (χ0) is 16.4. The first-order chi connectivity index (χ1) is 10.3. The van der Waals surface area contributed by atoms with Gasteiger partial charge in [0, 0.05) is 0 Å². The molecule has 0 aromatic heterocycles. The van der Waals surface area contributed by atoms with Crippen LogP contribution in [-0.2, 0) is 9.53 Å². The Balaban J connectivity index is 2.25. The highest BCUT2D eigenvalue weighted by Crippen LogP contribution is 2.26. The van der Waals surface area contributed by atoms with Gasteiger partial charge >= 0.3 is 11.9 Å². The van der Waals surface area contributed by atoms with Crippen LogP contribution in [0.3, 0.4) is 0 Å². The second-order valence-electron chi connectivity index (χ2n) is 4.65. The van der Waals surface area contributed by atoms with Crippen molar-refractivity contribution in [2.45, 2.75) is 30.7 Å². The largest absolute Gasteiger partial charge is 0.479 e. The van der Waals surface area contributed by atoms with Gasteiger partial charge in [-0.05, 0) is 12.1 Å². The van der Waals surface area contributed by atoms with Crippen molar-refractivity contribution in [3.8, 4) is 5.75 Å². The van der Waals surface area contributed by atoms with Crippen LogP contribution < -0.4 is 4.74 Å². The van der Waals surface area contributed by atoms with E-state index in [9.17, 15) is 24.9 Å². The molecule has 1 heterocycles. The number of aliphatic hydroxyl groups is 3. The second kappa shape index (κ2) is 6.28. The van der Waals surface area contributed by atoms with Crippen molar-refractivity contribution in [3.05, 3.63) is 29.8 Å². The molecule has 0 amide bonds. The summed E-state index contributed by atoms with van der Waals surface area (Å²) in [4.78, 5) is 22.0. The first kappa shape index (κ1) is 16.2. The van der Waals surface area contributed by atoms with Gasteiger partial charge < -0.3 is 35.0 Å². The minimum atomic E-state index is -1.85. The molecule has 1 aromatic rings. The number of carboxylic acid groups (broad SMARTS) is 2. The summed E-state index contributed by atoms with van der Waals surface area (Å²) < 4.78 is 10.1. The van der Waals surface area contributed by atoms with Crippen molar-refractivity contribution < 1.29 is 44.6 Å². The lowest BCUT2D eigenvalue weighted by Gasteiger charge is -2.38. The number of carbonyl (C=O) groups is 2. The maximum Gasteiger partial charge on any atom is 0.339 e. The number of hydrogen-bond donors (Lipinski definition) is 5. The summed E-state index contributed by atoms with van der Waals surface area (Å²) in [5.41, 5.74) is -0.231. The Bertz CT molecular complexity index is 572. The van der Waals surface area contributed by atoms with Gasteiger partial charge in [-0.25, -0.2) is 9.59 Å². The molecule has 0 saturated carbocycles. The van der Waals surface area contributed by atoms with E-state index in [1.807, 2.05) is 0 Å². The third kappa shape index (κ3) is 3.02. The van der Waals surface area contributed by atoms with Gasteiger partial charge in [-0.15, -0.1) is 0 Å². The first-order valence-electron chi connectivity index (χ1n) is 6.24. The Morgan fingerprint density at radius 2 is 1.64 bits per heavy atom. The van der Waals surface area contributed by atoms with Crippen LogP contribution in [0.15, 0.2) is 24.3 Å². The minimum Gasteiger partial charge on any atom is -0.479 e. The average Bonchev–Trinajstić information content (AvgIpc) is 2.47. The lowest BCUT2D eigenvalue weighted by Crippen LogP contribution is -2.61. The molecule has 0 radical (unpaired) electrons. The van der Waals surface area contributed by atoms with Crippen LogP contribution in [0.4, 0.5) is 0 Å². The smallest absolute Gasteiger partial charge is 0.339 e. The summed E-state index contributed by atoms with van der Waals surface area (Å²) >= 11 is 0. The van der Waals surface area contributed by atoms with E-state index < -0.39 is 42.6 Å². The topological polar surface area (TPSA) is 154 Å². The van der Waals surface area contributed by atoms with Gasteiger partial charge in [-0.2, -0.15) is 0 Å². The van der Waals surface area contributed by atoms with Crippen molar-refractivity contribution in [2.75, 3.05) is 0 Å². The molecule has 0 bridgehead atoms. The van der Waals surface area contributed by atoms with E-state index in [1.165, 1.54) is 24.3 Å². The molecule has 2 rings (SSSR count). The number of rotatable bonds is 4. The fourth-order valence-electron chi connectivity index (χ4n) is 2.02. The van der Waals surface area contributed by atoms with E-state index in [1.54, 1.807) is 0 Å². The van der Waals surface area contributed by atoms with E-state index in [2.05, 4.69) is 0 Å². The number of benzene rings is 1. The van der Waals surface area contributed by atoms with Gasteiger partial charge in [0.15, 0.2) is 6.10 Å². The third-order valence-electron chi connectivity index (χ3n) is 3.17. The van der Waals surface area contributed by atoms with E-state index in [4.69, 9.17) is 19.7 Å². The fraction of sp³-hybridized carbons (Fsp3) is 0.385. The normalized spacial score (nSPS) is 31.5. The molecule has 0 spiro atoms. The Kier molecular flexibility index (Phi) is 4.62. The van der Waals surface area contributed by atoms with Crippen molar-refractivity contribution >= 4 is 11.9 Å². The summed E-state index contributed by atoms with van der Waals surface area (Å²) in [6.07, 6.45) is -8.90. The highest BCUT2D eigenvalue weighted by atomic mass is 16.7. The molecule has 0 aliphatic carbocycles. The van der Waals surface area contributed by atoms with E-state index in [-0.39, 0.29) is 11.3 Å². The van der Waals surface area contributed by atoms with Crippen molar-refractivity contribution in [1.29, 1.82) is 0 Å². The third-order valence-corrected chi connectivity index (χ3v) is 3.17. The second-order valence-corrected chi connectivity index (χ2v) is 4.65. The van der Waals surface area contributed by atoms with Crippen LogP contribution >= 0.6 is 0 Å². The molecule has 5 N–H and O–H groups in total. The highest BCUT2D eigenvalue weighted by molar-refractivity contribution is 5.90. The first-order valence-corrected chi connectivity index (χ1v) is 6.24. The highest BCUT2D eigenvalue weighted by Gasteiger charge is 2.48. The molecule has 1 aliphatic rings. The Morgan fingerprint density at radius 3 is 2.23 bits per heavy atom. The van der Waals surface area contributed by atoms with Crippen LogP contribution in [0.1, 0.15) is 10.4 Å². The van der Waals surface area contributed by atoms with Crippen molar-refractivity contribution in [2.24, 2.45) is 0 Å². The predicted molar refractivity (Wildman–Crippen MR) is 68.3 cm³/mol. The summed E-state index contributed by atoms with van der Waals surface area (Å²) in [5, 5.41) is 46.9. The monoisotopic (exact) mass is 314 g/mol. The molecule has 9 nitrogen and oxygen atoms in total. The van der Waals surface area contributed by atoms with Gasteiger partial charge in [0.25, 0.3) is 0 Å². The molecule has 0 unspecified atom stereocenters. The van der Waals surface area contributed by atoms with Crippen LogP contribution in [-0.4, -0.2) is 68.2 Å². The van der Waals surface area contributed by atoms with Crippen LogP contribution in [0.5, 0.6) is 5.75 Å². The summed E-state index contributed by atoms with van der Waals surface area (Å²) in [7, 11) is 0. The Labute approximate surface area is 124 Å². The lowest BCUT2D eigenvalue weighted by molar-refractivity contribution is -0.271. The van der Waals surface area contributed by atoms with Crippen molar-refractivity contribution in [3.63, 3.8) is 0 Å². The molecule has 22 heavy (non-hydrogen) atoms.